The number of nitrogens with one attached hydrogen (secondary N) is 1. The summed E-state index contributed by atoms with van der Waals surface area (Å²) < 4.78 is 32.6. The minimum Gasteiger partial charge on any atom is -0.494 e. The summed E-state index contributed by atoms with van der Waals surface area (Å²) in [5, 5.41) is 8.73. The molecule has 0 spiro atoms. The third-order valence-corrected chi connectivity index (χ3v) is 7.85. The third kappa shape index (κ3) is 7.25. The van der Waals surface area contributed by atoms with E-state index in [0.29, 0.717) is 56.1 Å². The van der Waals surface area contributed by atoms with Gasteiger partial charge in [0.05, 0.1) is 38.1 Å². The zero-order valence-corrected chi connectivity index (χ0v) is 27.6. The molecule has 1 amide bonds. The molecule has 0 aromatic heterocycles. The largest absolute Gasteiger partial charge is 0.494 e. The number of ether oxygens (including phenoxy) is 3. The van der Waals surface area contributed by atoms with Crippen molar-refractivity contribution in [1.29, 1.82) is 5.41 Å². The number of hydrogen-bond acceptors (Lipinski definition) is 7. The molecule has 0 aliphatic carbocycles. The smallest absolute Gasteiger partial charge is 0.222 e. The molecule has 11 heteroatoms. The van der Waals surface area contributed by atoms with Crippen molar-refractivity contribution in [2.75, 3.05) is 57.9 Å². The van der Waals surface area contributed by atoms with Gasteiger partial charge in [0.25, 0.3) is 0 Å². The van der Waals surface area contributed by atoms with Crippen LogP contribution >= 0.6 is 17.0 Å². The molecule has 2 aliphatic heterocycles. The van der Waals surface area contributed by atoms with E-state index in [2.05, 4.69) is 11.8 Å². The van der Waals surface area contributed by atoms with E-state index in [0.717, 1.165) is 36.3 Å². The number of fused-ring (bicyclic) bond motifs is 1. The van der Waals surface area contributed by atoms with Crippen LogP contribution in [0.4, 0.5) is 10.1 Å². The number of anilines is 1. The standard InChI is InChI=1S/C32H43FN4O5.BrH/c1-6-10-11-21-16-22(17-24(30(21)40-5)35-12-14-36(15-13-35)27(39)7-2)25(38)20-37-19-23-18-26(41-8-3)31(42-9-4)29(33)28(23)32(37)34;/h16-18,34H,6-15,19-20H2,1-5H3;1H. The molecule has 0 atom stereocenters. The number of nitrogens with zero attached hydrogens (tertiary/aromatic N) is 3. The molecule has 9 nitrogen and oxygen atoms in total. The first-order valence-corrected chi connectivity index (χ1v) is 15.0. The second kappa shape index (κ2) is 15.4. The number of amides is 1. The van der Waals surface area contributed by atoms with Crippen LogP contribution in [0.5, 0.6) is 17.2 Å². The maximum atomic E-state index is 15.5. The molecule has 0 radical (unpaired) electrons. The fourth-order valence-electron chi connectivity index (χ4n) is 5.70. The van der Waals surface area contributed by atoms with Crippen LogP contribution in [0.1, 0.15) is 74.0 Å². The number of unbranched alkanes of at least 4 members (excludes halogenated alkanes) is 1. The molecular formula is C32H44BrFN4O5. The van der Waals surface area contributed by atoms with Gasteiger partial charge in [-0.05, 0) is 56.0 Å². The summed E-state index contributed by atoms with van der Waals surface area (Å²) in [4.78, 5) is 31.6. The topological polar surface area (TPSA) is 95.4 Å². The molecule has 2 aliphatic rings. The summed E-state index contributed by atoms with van der Waals surface area (Å²) in [6.45, 7) is 10.8. The van der Waals surface area contributed by atoms with Gasteiger partial charge in [-0.15, -0.1) is 17.0 Å². The quantitative estimate of drug-likeness (QED) is 0.278. The maximum Gasteiger partial charge on any atom is 0.222 e. The van der Waals surface area contributed by atoms with Crippen LogP contribution < -0.4 is 19.1 Å². The first kappa shape index (κ1) is 34.2. The Bertz CT molecular complexity index is 1330. The van der Waals surface area contributed by atoms with Crippen LogP contribution in [0, 0.1) is 11.2 Å². The highest BCUT2D eigenvalue weighted by atomic mass is 79.9. The number of ketones is 1. The first-order valence-electron chi connectivity index (χ1n) is 15.0. The number of aryl methyl sites for hydroxylation is 1. The molecule has 0 unspecified atom stereocenters. The monoisotopic (exact) mass is 662 g/mol. The summed E-state index contributed by atoms with van der Waals surface area (Å²) in [6.07, 6.45) is 3.19. The Labute approximate surface area is 264 Å². The molecule has 0 saturated carbocycles. The number of benzene rings is 2. The number of carbonyl (C=O) groups excluding carboxylic acids is 2. The van der Waals surface area contributed by atoms with Crippen molar-refractivity contribution in [3.63, 3.8) is 0 Å². The van der Waals surface area contributed by atoms with Gasteiger partial charge in [0.1, 0.15) is 11.6 Å². The van der Waals surface area contributed by atoms with Crippen LogP contribution in [0.15, 0.2) is 18.2 Å². The number of halogens is 2. The van der Waals surface area contributed by atoms with E-state index in [9.17, 15) is 9.59 Å². The predicted molar refractivity (Wildman–Crippen MR) is 171 cm³/mol. The molecular weight excluding hydrogens is 619 g/mol. The zero-order valence-electron chi connectivity index (χ0n) is 25.9. The second-order valence-electron chi connectivity index (χ2n) is 10.6. The summed E-state index contributed by atoms with van der Waals surface area (Å²) >= 11 is 0. The molecule has 2 aromatic carbocycles. The lowest BCUT2D eigenvalue weighted by atomic mass is 9.99. The van der Waals surface area contributed by atoms with E-state index in [4.69, 9.17) is 19.6 Å². The van der Waals surface area contributed by atoms with Crippen LogP contribution in [0.3, 0.4) is 0 Å². The highest BCUT2D eigenvalue weighted by Crippen LogP contribution is 2.40. The van der Waals surface area contributed by atoms with E-state index in [1.807, 2.05) is 30.9 Å². The number of rotatable bonds is 13. The maximum absolute atomic E-state index is 15.5. The minimum absolute atomic E-state index is 0. The SMILES string of the molecule is Br.CCCCc1cc(C(=O)CN2Cc3cc(OCC)c(OCC)c(F)c3C2=N)cc(N2CCN(C(=O)CC)CC2)c1OC. The lowest BCUT2D eigenvalue weighted by Crippen LogP contribution is -2.48. The lowest BCUT2D eigenvalue weighted by molar-refractivity contribution is -0.131. The number of carbonyl (C=O) groups is 2. The minimum atomic E-state index is -0.632. The normalized spacial score (nSPS) is 14.4. The Morgan fingerprint density at radius 3 is 2.28 bits per heavy atom. The van der Waals surface area contributed by atoms with Crippen molar-refractivity contribution >= 4 is 40.2 Å². The van der Waals surface area contributed by atoms with Gasteiger partial charge < -0.3 is 28.9 Å². The predicted octanol–water partition coefficient (Wildman–Crippen LogP) is 5.63. The summed E-state index contributed by atoms with van der Waals surface area (Å²) in [5.74, 6) is 0.356. The fraction of sp³-hybridized carbons (Fsp3) is 0.531. The summed E-state index contributed by atoms with van der Waals surface area (Å²) in [7, 11) is 1.65. The van der Waals surface area contributed by atoms with E-state index < -0.39 is 5.82 Å². The molecule has 1 fully saturated rings. The van der Waals surface area contributed by atoms with Crippen molar-refractivity contribution in [3.8, 4) is 17.2 Å². The van der Waals surface area contributed by atoms with Gasteiger partial charge in [-0.1, -0.05) is 20.3 Å². The Balaban J connectivity index is 0.00000506. The van der Waals surface area contributed by atoms with Crippen molar-refractivity contribution < 1.29 is 28.2 Å². The fourth-order valence-corrected chi connectivity index (χ4v) is 5.70. The number of hydrogen-bond donors (Lipinski definition) is 1. The summed E-state index contributed by atoms with van der Waals surface area (Å²) in [5.41, 5.74) is 3.06. The number of amidine groups is 1. The Kier molecular flexibility index (Phi) is 12.2. The van der Waals surface area contributed by atoms with Gasteiger partial charge in [0, 0.05) is 44.7 Å². The van der Waals surface area contributed by atoms with Gasteiger partial charge in [-0.2, -0.15) is 0 Å². The number of methoxy groups -OCH3 is 1. The van der Waals surface area contributed by atoms with Crippen molar-refractivity contribution in [2.45, 2.75) is 59.9 Å². The van der Waals surface area contributed by atoms with Crippen LogP contribution in [0.2, 0.25) is 0 Å². The molecule has 2 heterocycles. The molecule has 0 bridgehead atoms. The Hall–Kier alpha value is -3.34. The van der Waals surface area contributed by atoms with Crippen LogP contribution in [-0.4, -0.2) is 80.4 Å². The number of Topliss-reactive ketones (excluding diaryl/α,β-unsaturated/α-hetero) is 1. The Morgan fingerprint density at radius 2 is 1.67 bits per heavy atom. The lowest BCUT2D eigenvalue weighted by Gasteiger charge is -2.37. The van der Waals surface area contributed by atoms with E-state index in [1.54, 1.807) is 25.0 Å². The van der Waals surface area contributed by atoms with Crippen molar-refractivity contribution in [3.05, 3.63) is 46.3 Å². The van der Waals surface area contributed by atoms with Gasteiger partial charge in [0.15, 0.2) is 23.1 Å². The van der Waals surface area contributed by atoms with Gasteiger partial charge in [-0.3, -0.25) is 15.0 Å². The second-order valence-corrected chi connectivity index (χ2v) is 10.6. The van der Waals surface area contributed by atoms with E-state index in [1.165, 1.54) is 0 Å². The van der Waals surface area contributed by atoms with Gasteiger partial charge in [-0.25, -0.2) is 4.39 Å². The van der Waals surface area contributed by atoms with Gasteiger partial charge in [0.2, 0.25) is 5.91 Å². The van der Waals surface area contributed by atoms with Crippen molar-refractivity contribution in [2.24, 2.45) is 0 Å². The third-order valence-electron chi connectivity index (χ3n) is 7.85. The molecule has 1 N–H and O–H groups in total. The van der Waals surface area contributed by atoms with Crippen LogP contribution in [0.25, 0.3) is 0 Å². The molecule has 2 aromatic rings. The van der Waals surface area contributed by atoms with E-state index in [-0.39, 0.29) is 65.5 Å². The average molecular weight is 664 g/mol. The van der Waals surface area contributed by atoms with Gasteiger partial charge >= 0.3 is 0 Å². The number of piperazine rings is 1. The average Bonchev–Trinajstić information content (AvgIpc) is 3.31. The molecule has 43 heavy (non-hydrogen) atoms. The molecule has 4 rings (SSSR count). The van der Waals surface area contributed by atoms with E-state index >= 15 is 4.39 Å². The summed E-state index contributed by atoms with van der Waals surface area (Å²) in [6, 6.07) is 5.47. The van der Waals surface area contributed by atoms with Crippen LogP contribution in [-0.2, 0) is 17.8 Å². The molecule has 1 saturated heterocycles. The van der Waals surface area contributed by atoms with Crippen molar-refractivity contribution in [1.82, 2.24) is 9.80 Å². The first-order chi connectivity index (χ1) is 20.3. The highest BCUT2D eigenvalue weighted by Gasteiger charge is 2.33. The Morgan fingerprint density at radius 1 is 0.977 bits per heavy atom. The highest BCUT2D eigenvalue weighted by molar-refractivity contribution is 8.93. The molecule has 236 valence electrons. The zero-order chi connectivity index (χ0) is 30.4.